The monoisotopic (exact) mass is 438 g/mol. The second-order valence-corrected chi connectivity index (χ2v) is 8.53. The fraction of sp³-hybridized carbons (Fsp3) is 0.182. The molecule has 31 heavy (non-hydrogen) atoms. The van der Waals surface area contributed by atoms with Crippen LogP contribution in [0.3, 0.4) is 0 Å². The second-order valence-electron chi connectivity index (χ2n) is 6.60. The fourth-order valence-electron chi connectivity index (χ4n) is 2.71. The minimum Gasteiger partial charge on any atom is -0.497 e. The molecule has 2 N–H and O–H groups in total. The van der Waals surface area contributed by atoms with Crippen molar-refractivity contribution < 1.29 is 17.9 Å². The first-order valence-electron chi connectivity index (χ1n) is 9.38. The van der Waals surface area contributed by atoms with Crippen molar-refractivity contribution in [3.8, 4) is 23.4 Å². The molecule has 0 aliphatic rings. The maximum atomic E-state index is 11.7. The Labute approximate surface area is 181 Å². The normalized spacial score (nSPS) is 10.9. The topological polar surface area (TPSA) is 113 Å². The van der Waals surface area contributed by atoms with Crippen molar-refractivity contribution >= 4 is 15.8 Å². The van der Waals surface area contributed by atoms with Crippen LogP contribution < -0.4 is 19.5 Å². The molecule has 9 heteroatoms. The third-order valence-corrected chi connectivity index (χ3v) is 5.71. The number of nitrogens with one attached hydrogen (secondary N) is 2. The Balaban J connectivity index is 1.70. The number of aromatic nitrogens is 1. The molecule has 0 spiro atoms. The summed E-state index contributed by atoms with van der Waals surface area (Å²) in [5.74, 6) is 1.90. The molecule has 1 aromatic heterocycles. The molecule has 1 heterocycles. The van der Waals surface area contributed by atoms with E-state index in [9.17, 15) is 13.7 Å². The molecule has 3 aromatic rings. The van der Waals surface area contributed by atoms with Crippen molar-refractivity contribution in [1.82, 2.24) is 9.71 Å². The van der Waals surface area contributed by atoms with Gasteiger partial charge in [0.25, 0.3) is 0 Å². The van der Waals surface area contributed by atoms with E-state index in [1.54, 1.807) is 37.4 Å². The lowest BCUT2D eigenvalue weighted by atomic mass is 10.2. The summed E-state index contributed by atoms with van der Waals surface area (Å²) in [6, 6.07) is 19.5. The lowest BCUT2D eigenvalue weighted by Gasteiger charge is -2.10. The molecule has 0 atom stereocenters. The highest BCUT2D eigenvalue weighted by molar-refractivity contribution is 7.88. The Bertz CT molecular complexity index is 1170. The lowest BCUT2D eigenvalue weighted by Crippen LogP contribution is -2.20. The van der Waals surface area contributed by atoms with Crippen LogP contribution in [0.4, 0.5) is 5.82 Å². The van der Waals surface area contributed by atoms with E-state index in [1.807, 2.05) is 24.3 Å². The molecular weight excluding hydrogens is 416 g/mol. The molecule has 0 amide bonds. The zero-order valence-corrected chi connectivity index (χ0v) is 17.9. The highest BCUT2D eigenvalue weighted by Crippen LogP contribution is 2.24. The van der Waals surface area contributed by atoms with Crippen LogP contribution in [-0.2, 0) is 22.3 Å². The first-order valence-corrected chi connectivity index (χ1v) is 11.0. The molecule has 2 aromatic carbocycles. The summed E-state index contributed by atoms with van der Waals surface area (Å²) in [7, 11) is -0.356. The van der Waals surface area contributed by atoms with E-state index >= 15 is 0 Å². The molecule has 0 aliphatic carbocycles. The minimum atomic E-state index is -3.35. The lowest BCUT2D eigenvalue weighted by molar-refractivity contribution is 0.414. The SMILES string of the molecule is CNS(=O)(=O)Cc1ccc(Oc2cc(C#N)cc(NCc3ccc(OC)cc3)n2)cc1. The van der Waals surface area contributed by atoms with Crippen molar-refractivity contribution in [3.05, 3.63) is 77.4 Å². The molecule has 0 fully saturated rings. The molecule has 0 aliphatic heterocycles. The van der Waals surface area contributed by atoms with Gasteiger partial charge in [-0.1, -0.05) is 24.3 Å². The van der Waals surface area contributed by atoms with Crippen molar-refractivity contribution in [1.29, 1.82) is 5.26 Å². The first-order chi connectivity index (χ1) is 14.9. The number of hydrogen-bond donors (Lipinski definition) is 2. The number of nitriles is 1. The maximum absolute atomic E-state index is 11.7. The molecule has 0 bridgehead atoms. The fourth-order valence-corrected chi connectivity index (χ4v) is 3.49. The van der Waals surface area contributed by atoms with Crippen molar-refractivity contribution in [2.45, 2.75) is 12.3 Å². The Morgan fingerprint density at radius 3 is 2.26 bits per heavy atom. The van der Waals surface area contributed by atoms with Gasteiger partial charge in [0.1, 0.15) is 17.3 Å². The van der Waals surface area contributed by atoms with E-state index in [0.29, 0.717) is 29.2 Å². The van der Waals surface area contributed by atoms with Gasteiger partial charge in [-0.05, 0) is 48.5 Å². The summed E-state index contributed by atoms with van der Waals surface area (Å²) in [6.07, 6.45) is 0. The number of rotatable bonds is 9. The average molecular weight is 439 g/mol. The summed E-state index contributed by atoms with van der Waals surface area (Å²) < 4.78 is 36.5. The number of anilines is 1. The Kier molecular flexibility index (Phi) is 7.07. The summed E-state index contributed by atoms with van der Waals surface area (Å²) in [5.41, 5.74) is 2.06. The number of ether oxygens (including phenoxy) is 2. The molecule has 160 valence electrons. The molecular formula is C22H22N4O4S. The van der Waals surface area contributed by atoms with E-state index in [4.69, 9.17) is 9.47 Å². The zero-order valence-electron chi connectivity index (χ0n) is 17.1. The molecule has 0 saturated heterocycles. The number of methoxy groups -OCH3 is 1. The molecule has 3 rings (SSSR count). The average Bonchev–Trinajstić information content (AvgIpc) is 2.79. The van der Waals surface area contributed by atoms with Crippen molar-refractivity contribution in [2.75, 3.05) is 19.5 Å². The Morgan fingerprint density at radius 1 is 1.00 bits per heavy atom. The Morgan fingerprint density at radius 2 is 1.65 bits per heavy atom. The van der Waals surface area contributed by atoms with Crippen molar-refractivity contribution in [2.24, 2.45) is 0 Å². The van der Waals surface area contributed by atoms with Gasteiger partial charge in [-0.2, -0.15) is 10.2 Å². The van der Waals surface area contributed by atoms with Crippen LogP contribution in [0.25, 0.3) is 0 Å². The predicted octanol–water partition coefficient (Wildman–Crippen LogP) is 3.42. The van der Waals surface area contributed by atoms with Crippen LogP contribution in [0.1, 0.15) is 16.7 Å². The van der Waals surface area contributed by atoms with Gasteiger partial charge in [0.05, 0.1) is 24.5 Å². The summed E-state index contributed by atoms with van der Waals surface area (Å²) in [5, 5.41) is 12.5. The van der Waals surface area contributed by atoms with E-state index < -0.39 is 10.0 Å². The van der Waals surface area contributed by atoms with Crippen LogP contribution in [0, 0.1) is 11.3 Å². The first kappa shape index (κ1) is 22.1. The van der Waals surface area contributed by atoms with Gasteiger partial charge < -0.3 is 14.8 Å². The Hall–Kier alpha value is -3.61. The molecule has 8 nitrogen and oxygen atoms in total. The van der Waals surface area contributed by atoms with Gasteiger partial charge >= 0.3 is 0 Å². The zero-order chi connectivity index (χ0) is 22.3. The smallest absolute Gasteiger partial charge is 0.222 e. The van der Waals surface area contributed by atoms with Crippen LogP contribution in [-0.4, -0.2) is 27.6 Å². The van der Waals surface area contributed by atoms with Crippen LogP contribution in [0.2, 0.25) is 0 Å². The van der Waals surface area contributed by atoms with Gasteiger partial charge in [0, 0.05) is 12.6 Å². The maximum Gasteiger partial charge on any atom is 0.222 e. The number of hydrogen-bond acceptors (Lipinski definition) is 7. The molecule has 0 saturated carbocycles. The van der Waals surface area contributed by atoms with Crippen LogP contribution in [0.15, 0.2) is 60.7 Å². The highest BCUT2D eigenvalue weighted by atomic mass is 32.2. The van der Waals surface area contributed by atoms with Crippen LogP contribution in [0.5, 0.6) is 17.4 Å². The summed E-state index contributed by atoms with van der Waals surface area (Å²) in [4.78, 5) is 4.41. The third kappa shape index (κ3) is 6.44. The summed E-state index contributed by atoms with van der Waals surface area (Å²) in [6.45, 7) is 0.514. The van der Waals surface area contributed by atoms with E-state index in [2.05, 4.69) is 21.1 Å². The molecule has 0 unspecified atom stereocenters. The van der Waals surface area contributed by atoms with Crippen molar-refractivity contribution in [3.63, 3.8) is 0 Å². The van der Waals surface area contributed by atoms with Gasteiger partial charge in [-0.15, -0.1) is 0 Å². The largest absolute Gasteiger partial charge is 0.497 e. The highest BCUT2D eigenvalue weighted by Gasteiger charge is 2.10. The van der Waals surface area contributed by atoms with E-state index in [0.717, 1.165) is 11.3 Å². The number of benzene rings is 2. The van der Waals surface area contributed by atoms with Crippen LogP contribution >= 0.6 is 0 Å². The van der Waals surface area contributed by atoms with E-state index in [-0.39, 0.29) is 11.6 Å². The second kappa shape index (κ2) is 9.93. The number of pyridine rings is 1. The van der Waals surface area contributed by atoms with Gasteiger partial charge in [0.2, 0.25) is 15.9 Å². The van der Waals surface area contributed by atoms with Gasteiger partial charge in [0.15, 0.2) is 0 Å². The number of nitrogens with zero attached hydrogens (tertiary/aromatic N) is 2. The van der Waals surface area contributed by atoms with E-state index in [1.165, 1.54) is 13.1 Å². The van der Waals surface area contributed by atoms with Gasteiger partial charge in [-0.25, -0.2) is 13.1 Å². The number of sulfonamides is 1. The predicted molar refractivity (Wildman–Crippen MR) is 117 cm³/mol. The molecule has 0 radical (unpaired) electrons. The quantitative estimate of drug-likeness (QED) is 0.526. The summed E-state index contributed by atoms with van der Waals surface area (Å²) >= 11 is 0. The van der Waals surface area contributed by atoms with Gasteiger partial charge in [-0.3, -0.25) is 0 Å². The third-order valence-electron chi connectivity index (χ3n) is 4.38. The standard InChI is InChI=1S/C22H22N4O4S/c1-24-31(27,28)15-17-5-9-20(10-6-17)30-22-12-18(13-23)11-21(26-22)25-14-16-3-7-19(29-2)8-4-16/h3-12,24H,14-15H2,1-2H3,(H,25,26). The minimum absolute atomic E-state index is 0.120.